The van der Waals surface area contributed by atoms with Gasteiger partial charge in [-0.2, -0.15) is 4.91 Å². The summed E-state index contributed by atoms with van der Waals surface area (Å²) in [4.78, 5) is 41.2. The molecule has 11 nitrogen and oxygen atoms in total. The molecule has 4 rings (SSSR count). The van der Waals surface area contributed by atoms with E-state index < -0.39 is 18.6 Å². The molecule has 3 unspecified atom stereocenters. The van der Waals surface area contributed by atoms with E-state index in [-0.39, 0.29) is 25.1 Å². The van der Waals surface area contributed by atoms with Crippen molar-refractivity contribution in [3.8, 4) is 11.5 Å². The maximum atomic E-state index is 13.9. The number of fused-ring (bicyclic) bond motifs is 2. The van der Waals surface area contributed by atoms with E-state index in [0.717, 1.165) is 32.1 Å². The minimum atomic E-state index is -0.812. The second kappa shape index (κ2) is 14.3. The minimum absolute atomic E-state index is 0.00873. The zero-order chi connectivity index (χ0) is 27.6. The zero-order valence-corrected chi connectivity index (χ0v) is 22.7. The SMILES string of the molecule is C=CCOC(=O)N1c2cc(OCCCCCN=O)c(OC)cc2C(=O)N2CCCCC2C1OC1CCCCO1. The number of carbonyl (C=O) groups is 2. The average Bonchev–Trinajstić information content (AvgIpc) is 3.06. The van der Waals surface area contributed by atoms with Crippen molar-refractivity contribution in [1.29, 1.82) is 0 Å². The van der Waals surface area contributed by atoms with Crippen LogP contribution in [0.1, 0.15) is 68.1 Å². The molecule has 0 radical (unpaired) electrons. The number of piperidine rings is 1. The molecule has 1 aromatic carbocycles. The monoisotopic (exact) mass is 545 g/mol. The van der Waals surface area contributed by atoms with Crippen LogP contribution in [0.15, 0.2) is 30.0 Å². The number of rotatable bonds is 12. The number of methoxy groups -OCH3 is 1. The van der Waals surface area contributed by atoms with Crippen LogP contribution in [0.2, 0.25) is 0 Å². The second-order valence-electron chi connectivity index (χ2n) is 9.90. The van der Waals surface area contributed by atoms with Crippen LogP contribution in [0.4, 0.5) is 10.5 Å². The predicted molar refractivity (Wildman–Crippen MR) is 144 cm³/mol. The smallest absolute Gasteiger partial charge is 0.416 e. The van der Waals surface area contributed by atoms with Gasteiger partial charge in [0.2, 0.25) is 0 Å². The van der Waals surface area contributed by atoms with Crippen molar-refractivity contribution in [3.63, 3.8) is 0 Å². The Morgan fingerprint density at radius 1 is 1.15 bits per heavy atom. The molecule has 2 amide bonds. The molecular weight excluding hydrogens is 506 g/mol. The first-order valence-electron chi connectivity index (χ1n) is 13.9. The molecule has 0 aromatic heterocycles. The largest absolute Gasteiger partial charge is 0.493 e. The number of hydrogen-bond donors (Lipinski definition) is 0. The van der Waals surface area contributed by atoms with Crippen molar-refractivity contribution in [2.75, 3.05) is 44.9 Å². The molecule has 3 aliphatic heterocycles. The van der Waals surface area contributed by atoms with Crippen molar-refractivity contribution >= 4 is 17.7 Å². The summed E-state index contributed by atoms with van der Waals surface area (Å²) in [5, 5.41) is 2.89. The molecule has 2 saturated heterocycles. The van der Waals surface area contributed by atoms with Crippen LogP contribution in [0.25, 0.3) is 0 Å². The van der Waals surface area contributed by atoms with Crippen molar-refractivity contribution in [1.82, 2.24) is 4.90 Å². The lowest BCUT2D eigenvalue weighted by molar-refractivity contribution is -0.198. The van der Waals surface area contributed by atoms with Crippen LogP contribution in [-0.4, -0.2) is 75.5 Å². The molecule has 3 aliphatic rings. The van der Waals surface area contributed by atoms with Gasteiger partial charge in [0.05, 0.1) is 37.6 Å². The third-order valence-electron chi connectivity index (χ3n) is 7.27. The molecule has 0 saturated carbocycles. The van der Waals surface area contributed by atoms with E-state index in [9.17, 15) is 14.5 Å². The number of ether oxygens (including phenoxy) is 5. The molecule has 0 aliphatic carbocycles. The molecule has 214 valence electrons. The molecule has 0 bridgehead atoms. The number of benzene rings is 1. The normalized spacial score (nSPS) is 22.8. The highest BCUT2D eigenvalue weighted by Crippen LogP contribution is 2.42. The topological polar surface area (TPSA) is 116 Å². The Balaban J connectivity index is 1.74. The van der Waals surface area contributed by atoms with Crippen LogP contribution in [0, 0.1) is 4.91 Å². The van der Waals surface area contributed by atoms with E-state index in [1.165, 1.54) is 18.1 Å². The lowest BCUT2D eigenvalue weighted by Gasteiger charge is -2.42. The number of hydrogen-bond acceptors (Lipinski definition) is 9. The lowest BCUT2D eigenvalue weighted by atomic mass is 10.00. The van der Waals surface area contributed by atoms with Crippen molar-refractivity contribution < 1.29 is 33.3 Å². The van der Waals surface area contributed by atoms with Gasteiger partial charge >= 0.3 is 6.09 Å². The van der Waals surface area contributed by atoms with Crippen LogP contribution >= 0.6 is 0 Å². The Morgan fingerprint density at radius 2 is 2.00 bits per heavy atom. The number of amides is 2. The number of unbranched alkanes of at least 4 members (excludes halogenated alkanes) is 2. The van der Waals surface area contributed by atoms with E-state index in [1.54, 1.807) is 17.0 Å². The molecule has 0 spiro atoms. The summed E-state index contributed by atoms with van der Waals surface area (Å²) in [6, 6.07) is 2.91. The van der Waals surface area contributed by atoms with Gasteiger partial charge in [-0.3, -0.25) is 4.79 Å². The second-order valence-corrected chi connectivity index (χ2v) is 9.90. The summed E-state index contributed by atoms with van der Waals surface area (Å²) in [6.45, 7) is 5.45. The zero-order valence-electron chi connectivity index (χ0n) is 22.7. The van der Waals surface area contributed by atoms with Gasteiger partial charge < -0.3 is 28.6 Å². The summed E-state index contributed by atoms with van der Waals surface area (Å²) >= 11 is 0. The third-order valence-corrected chi connectivity index (χ3v) is 7.27. The fraction of sp³-hybridized carbons (Fsp3) is 0.643. The van der Waals surface area contributed by atoms with Crippen LogP contribution in [0.5, 0.6) is 11.5 Å². The molecule has 3 atom stereocenters. The van der Waals surface area contributed by atoms with Crippen LogP contribution in [-0.2, 0) is 14.2 Å². The third kappa shape index (κ3) is 6.88. The van der Waals surface area contributed by atoms with Crippen molar-refractivity contribution in [2.45, 2.75) is 76.3 Å². The fourth-order valence-electron chi connectivity index (χ4n) is 5.33. The Morgan fingerprint density at radius 3 is 2.74 bits per heavy atom. The Kier molecular flexibility index (Phi) is 10.5. The molecule has 0 N–H and O–H groups in total. The molecular formula is C28H39N3O8. The van der Waals surface area contributed by atoms with Gasteiger partial charge in [-0.25, -0.2) is 9.69 Å². The molecule has 1 aromatic rings. The highest BCUT2D eigenvalue weighted by molar-refractivity contribution is 6.06. The number of anilines is 1. The van der Waals surface area contributed by atoms with E-state index in [0.29, 0.717) is 68.2 Å². The molecule has 3 heterocycles. The lowest BCUT2D eigenvalue weighted by Crippen LogP contribution is -2.57. The Bertz CT molecular complexity index is 1010. The van der Waals surface area contributed by atoms with Gasteiger partial charge in [-0.15, -0.1) is 0 Å². The highest BCUT2D eigenvalue weighted by atomic mass is 16.7. The minimum Gasteiger partial charge on any atom is -0.493 e. The quantitative estimate of drug-likeness (QED) is 0.204. The van der Waals surface area contributed by atoms with Gasteiger partial charge in [0.15, 0.2) is 24.0 Å². The first-order chi connectivity index (χ1) is 19.1. The summed E-state index contributed by atoms with van der Waals surface area (Å²) in [5.74, 6) is 0.587. The molecule has 11 heteroatoms. The summed E-state index contributed by atoms with van der Waals surface area (Å²) in [7, 11) is 1.51. The van der Waals surface area contributed by atoms with Crippen LogP contribution < -0.4 is 14.4 Å². The maximum Gasteiger partial charge on any atom is 0.416 e. The van der Waals surface area contributed by atoms with Crippen molar-refractivity contribution in [2.24, 2.45) is 5.18 Å². The number of nitroso groups, excluding NO2 is 1. The predicted octanol–water partition coefficient (Wildman–Crippen LogP) is 5.02. The van der Waals surface area contributed by atoms with E-state index in [2.05, 4.69) is 11.8 Å². The molecule has 2 fully saturated rings. The Hall–Kier alpha value is -3.18. The molecule has 39 heavy (non-hydrogen) atoms. The summed E-state index contributed by atoms with van der Waals surface area (Å²) < 4.78 is 29.6. The first-order valence-corrected chi connectivity index (χ1v) is 13.9. The van der Waals surface area contributed by atoms with E-state index in [1.807, 2.05) is 0 Å². The van der Waals surface area contributed by atoms with Gasteiger partial charge in [-0.1, -0.05) is 17.8 Å². The van der Waals surface area contributed by atoms with Gasteiger partial charge in [0, 0.05) is 19.2 Å². The summed E-state index contributed by atoms with van der Waals surface area (Å²) in [6.07, 6.45) is 6.80. The van der Waals surface area contributed by atoms with Gasteiger partial charge in [0.1, 0.15) is 6.61 Å². The standard InChI is InChI=1S/C28H39N3O8/c1-3-15-38-28(33)31-22-19-24(36-16-9-4-7-13-29-34)23(35-2)18-20(22)26(32)30-14-8-5-11-21(30)27(31)39-25-12-6-10-17-37-25/h3,18-19,21,25,27H,1,4-17H2,2H3. The van der Waals surface area contributed by atoms with Gasteiger partial charge in [0.25, 0.3) is 5.91 Å². The van der Waals surface area contributed by atoms with Gasteiger partial charge in [-0.05, 0) is 63.9 Å². The van der Waals surface area contributed by atoms with E-state index in [4.69, 9.17) is 23.7 Å². The first kappa shape index (κ1) is 28.8. The number of nitrogens with zero attached hydrogens (tertiary/aromatic N) is 3. The van der Waals surface area contributed by atoms with Crippen molar-refractivity contribution in [3.05, 3.63) is 35.3 Å². The average molecular weight is 546 g/mol. The maximum absolute atomic E-state index is 13.9. The fourth-order valence-corrected chi connectivity index (χ4v) is 5.33. The van der Waals surface area contributed by atoms with E-state index >= 15 is 0 Å². The summed E-state index contributed by atoms with van der Waals surface area (Å²) in [5.41, 5.74) is 0.652. The van der Waals surface area contributed by atoms with Crippen LogP contribution in [0.3, 0.4) is 0 Å². The Labute approximate surface area is 229 Å². The highest BCUT2D eigenvalue weighted by Gasteiger charge is 2.46. The number of carbonyl (C=O) groups excluding carboxylic acids is 2.